The molecule has 342 valence electrons. The summed E-state index contributed by atoms with van der Waals surface area (Å²) in [5.41, 5.74) is 18.0. The van der Waals surface area contributed by atoms with Crippen molar-refractivity contribution in [2.45, 2.75) is 105 Å². The van der Waals surface area contributed by atoms with E-state index < -0.39 is 0 Å². The first kappa shape index (κ1) is 46.2. The monoisotopic (exact) mass is 897 g/mol. The Morgan fingerprint density at radius 3 is 1.14 bits per heavy atom. The van der Waals surface area contributed by atoms with Crippen LogP contribution in [0.5, 0.6) is 11.5 Å². The minimum atomic E-state index is 0.0185. The van der Waals surface area contributed by atoms with E-state index in [1.54, 1.807) is 0 Å². The van der Waals surface area contributed by atoms with Gasteiger partial charge in [0.25, 0.3) is 0 Å². The lowest BCUT2D eigenvalue weighted by molar-refractivity contribution is 0.487. The van der Waals surface area contributed by atoms with Gasteiger partial charge < -0.3 is 4.74 Å². The molecule has 0 radical (unpaired) electrons. The van der Waals surface area contributed by atoms with Gasteiger partial charge in [0.1, 0.15) is 11.5 Å². The van der Waals surface area contributed by atoms with E-state index in [1.807, 2.05) is 0 Å². The van der Waals surface area contributed by atoms with E-state index in [0.29, 0.717) is 0 Å². The van der Waals surface area contributed by atoms with Crippen LogP contribution >= 0.6 is 0 Å². The summed E-state index contributed by atoms with van der Waals surface area (Å²) in [6, 6.07) is 69.2. The van der Waals surface area contributed by atoms with Gasteiger partial charge in [-0.15, -0.1) is 0 Å². The van der Waals surface area contributed by atoms with Crippen molar-refractivity contribution in [3.05, 3.63) is 204 Å². The Morgan fingerprint density at radius 1 is 0.304 bits per heavy atom. The van der Waals surface area contributed by atoms with Gasteiger partial charge >= 0.3 is 0 Å². The van der Waals surface area contributed by atoms with Crippen LogP contribution in [0.25, 0.3) is 43.8 Å². The molecule has 0 bridgehead atoms. The number of benzene rings is 9. The van der Waals surface area contributed by atoms with Gasteiger partial charge in [-0.05, 0) is 83.3 Å². The molecule has 10 rings (SSSR count). The molecule has 0 aliphatic carbocycles. The fourth-order valence-electron chi connectivity index (χ4n) is 10.7. The molecular weight excluding hydrogens is 830 g/mol. The molecule has 1 aliphatic heterocycles. The predicted octanol–water partition coefficient (Wildman–Crippen LogP) is 13.7. The molecule has 9 aromatic carbocycles. The SMILES string of the molecule is CC(C)(C)c1ccc(B(c2ccc(C(C)(C)C)cc2)c2ccc3c(c2)Oc2cccc4c2c-3c(-c2ccccc2)c2ccc(B(c3ccc(C(C)(C)C)cc3)c3ccc(C(C)(C)C)cc3)cc24)cc1. The van der Waals surface area contributed by atoms with Crippen molar-refractivity contribution in [1.29, 1.82) is 0 Å². The van der Waals surface area contributed by atoms with Crippen molar-refractivity contribution in [2.75, 3.05) is 0 Å². The molecule has 0 aromatic heterocycles. The summed E-state index contributed by atoms with van der Waals surface area (Å²) in [5.74, 6) is 1.78. The van der Waals surface area contributed by atoms with Crippen molar-refractivity contribution in [2.24, 2.45) is 0 Å². The fraction of sp³-hybridized carbons (Fsp3) is 0.242. The van der Waals surface area contributed by atoms with Gasteiger partial charge in [-0.25, -0.2) is 0 Å². The molecule has 1 heterocycles. The molecule has 0 spiro atoms. The fourth-order valence-corrected chi connectivity index (χ4v) is 10.7. The van der Waals surface area contributed by atoms with Crippen molar-refractivity contribution in [3.8, 4) is 33.8 Å². The van der Waals surface area contributed by atoms with E-state index in [-0.39, 0.29) is 35.1 Å². The average molecular weight is 897 g/mol. The second kappa shape index (κ2) is 17.1. The zero-order valence-electron chi connectivity index (χ0n) is 42.9. The Kier molecular flexibility index (Phi) is 11.5. The zero-order valence-corrected chi connectivity index (χ0v) is 42.9. The number of fused-ring (bicyclic) bond motifs is 4. The maximum absolute atomic E-state index is 7.17. The van der Waals surface area contributed by atoms with Crippen LogP contribution in [0.15, 0.2) is 182 Å². The third-order valence-electron chi connectivity index (χ3n) is 14.8. The minimum absolute atomic E-state index is 0.0185. The third-order valence-corrected chi connectivity index (χ3v) is 14.8. The van der Waals surface area contributed by atoms with E-state index in [4.69, 9.17) is 4.74 Å². The molecule has 1 aliphatic rings. The molecule has 0 unspecified atom stereocenters. The number of ether oxygens (including phenoxy) is 1. The molecule has 9 aromatic rings. The minimum Gasteiger partial charge on any atom is -0.456 e. The first-order valence-electron chi connectivity index (χ1n) is 25.1. The molecule has 0 N–H and O–H groups in total. The first-order valence-corrected chi connectivity index (χ1v) is 25.1. The highest BCUT2D eigenvalue weighted by Gasteiger charge is 2.31. The summed E-state index contributed by atoms with van der Waals surface area (Å²) in [6.07, 6.45) is 0. The highest BCUT2D eigenvalue weighted by atomic mass is 16.5. The van der Waals surface area contributed by atoms with Gasteiger partial charge in [-0.1, -0.05) is 286 Å². The Labute approximate surface area is 413 Å². The Bertz CT molecular complexity index is 3220. The van der Waals surface area contributed by atoms with Crippen molar-refractivity contribution < 1.29 is 4.74 Å². The maximum atomic E-state index is 7.17. The molecule has 0 amide bonds. The lowest BCUT2D eigenvalue weighted by Gasteiger charge is -2.28. The standard InChI is InChI=1S/C66H66B2O/c1-63(2,3)44-21-29-48(30-22-44)67(49-31-23-45(24-32-49)64(4,5)6)52-37-39-55-57(41-52)54-19-16-20-58-61(54)62(60(55)43-17-14-13-15-18-43)56-40-38-53(42-59(56)69-58)68(50-33-25-46(26-34-50)65(7,8)9)51-35-27-47(28-36-51)66(10,11)12/h13-42H,1-12H3. The molecule has 1 nitrogen and oxygen atoms in total. The number of rotatable bonds is 7. The largest absolute Gasteiger partial charge is 0.456 e. The summed E-state index contributed by atoms with van der Waals surface area (Å²) in [5, 5.41) is 4.83. The van der Waals surface area contributed by atoms with Gasteiger partial charge in [0.05, 0.1) is 0 Å². The molecule has 0 saturated carbocycles. The van der Waals surface area contributed by atoms with E-state index in [1.165, 1.54) is 87.9 Å². The van der Waals surface area contributed by atoms with Crippen LogP contribution in [0.1, 0.15) is 105 Å². The van der Waals surface area contributed by atoms with Crippen LogP contribution in [-0.4, -0.2) is 13.4 Å². The third kappa shape index (κ3) is 8.75. The maximum Gasteiger partial charge on any atom is 0.241 e. The van der Waals surface area contributed by atoms with Crippen molar-refractivity contribution >= 4 is 67.7 Å². The van der Waals surface area contributed by atoms with Crippen LogP contribution in [-0.2, 0) is 21.7 Å². The molecule has 3 heteroatoms. The van der Waals surface area contributed by atoms with Crippen LogP contribution in [0.4, 0.5) is 0 Å². The molecule has 0 fully saturated rings. The summed E-state index contributed by atoms with van der Waals surface area (Å²) in [4.78, 5) is 0. The summed E-state index contributed by atoms with van der Waals surface area (Å²) in [7, 11) is 0. The average Bonchev–Trinajstić information content (AvgIpc) is 3.31. The second-order valence-corrected chi connectivity index (χ2v) is 23.8. The van der Waals surface area contributed by atoms with E-state index in [2.05, 4.69) is 265 Å². The predicted molar refractivity (Wildman–Crippen MR) is 302 cm³/mol. The highest BCUT2D eigenvalue weighted by Crippen LogP contribution is 2.53. The Balaban J connectivity index is 1.17. The highest BCUT2D eigenvalue weighted by molar-refractivity contribution is 6.96. The zero-order chi connectivity index (χ0) is 48.6. The van der Waals surface area contributed by atoms with Crippen LogP contribution < -0.4 is 37.5 Å². The topological polar surface area (TPSA) is 9.23 Å². The van der Waals surface area contributed by atoms with E-state index in [0.717, 1.165) is 22.4 Å². The number of hydrogen-bond acceptors (Lipinski definition) is 1. The van der Waals surface area contributed by atoms with Gasteiger partial charge in [0.2, 0.25) is 13.4 Å². The molecule has 69 heavy (non-hydrogen) atoms. The summed E-state index contributed by atoms with van der Waals surface area (Å²) in [6.45, 7) is 27.5. The lowest BCUT2D eigenvalue weighted by atomic mass is 9.36. The Morgan fingerprint density at radius 2 is 0.710 bits per heavy atom. The molecule has 0 saturated heterocycles. The van der Waals surface area contributed by atoms with Crippen LogP contribution in [0.2, 0.25) is 0 Å². The second-order valence-electron chi connectivity index (χ2n) is 23.8. The van der Waals surface area contributed by atoms with Gasteiger partial charge in [-0.3, -0.25) is 0 Å². The van der Waals surface area contributed by atoms with E-state index >= 15 is 0 Å². The smallest absolute Gasteiger partial charge is 0.241 e. The Hall–Kier alpha value is -6.57. The van der Waals surface area contributed by atoms with Crippen LogP contribution in [0.3, 0.4) is 0 Å². The molecule has 0 atom stereocenters. The quantitative estimate of drug-likeness (QED) is 0.114. The van der Waals surface area contributed by atoms with Crippen LogP contribution in [0, 0.1) is 0 Å². The van der Waals surface area contributed by atoms with E-state index in [9.17, 15) is 0 Å². The normalized spacial score (nSPS) is 12.8. The van der Waals surface area contributed by atoms with Gasteiger partial charge in [0, 0.05) is 16.5 Å². The lowest BCUT2D eigenvalue weighted by Crippen LogP contribution is -2.52. The first-order chi connectivity index (χ1) is 32.7. The van der Waals surface area contributed by atoms with Crippen molar-refractivity contribution in [3.63, 3.8) is 0 Å². The van der Waals surface area contributed by atoms with Crippen molar-refractivity contribution in [1.82, 2.24) is 0 Å². The van der Waals surface area contributed by atoms with Gasteiger partial charge in [-0.2, -0.15) is 0 Å². The number of hydrogen-bond donors (Lipinski definition) is 0. The molecular formula is C66H66B2O. The summed E-state index contributed by atoms with van der Waals surface area (Å²) >= 11 is 0. The van der Waals surface area contributed by atoms with Gasteiger partial charge in [0.15, 0.2) is 0 Å². The summed E-state index contributed by atoms with van der Waals surface area (Å²) < 4.78 is 7.17.